The van der Waals surface area contributed by atoms with Crippen LogP contribution in [0.25, 0.3) is 0 Å². The minimum Gasteiger partial charge on any atom is -0.444 e. The number of alkyl carbamates (subject to hydrolysis) is 1. The number of aliphatic imine (C=N–C) groups is 1. The number of amides is 1. The van der Waals surface area contributed by atoms with Gasteiger partial charge in [-0.15, -0.1) is 24.0 Å². The lowest BCUT2D eigenvalue weighted by atomic mass is 10.1. The van der Waals surface area contributed by atoms with E-state index < -0.39 is 27.3 Å². The lowest BCUT2D eigenvalue weighted by molar-refractivity contribution is 0.0474. The number of nitrogens with one attached hydrogen (secondary N) is 3. The van der Waals surface area contributed by atoms with Crippen molar-refractivity contribution in [2.75, 3.05) is 13.6 Å². The van der Waals surface area contributed by atoms with E-state index in [9.17, 15) is 13.2 Å². The second-order valence-electron chi connectivity index (χ2n) is 7.98. The van der Waals surface area contributed by atoms with Crippen LogP contribution in [0.15, 0.2) is 34.2 Å². The average Bonchev–Trinajstić information content (AvgIpc) is 2.52. The molecule has 1 aromatic carbocycles. The second kappa shape index (κ2) is 11.0. The van der Waals surface area contributed by atoms with Crippen molar-refractivity contribution in [3.63, 3.8) is 0 Å². The number of guanidine groups is 1. The van der Waals surface area contributed by atoms with Gasteiger partial charge < -0.3 is 20.7 Å². The first kappa shape index (κ1) is 27.4. The molecule has 0 radical (unpaired) electrons. The second-order valence-corrected chi connectivity index (χ2v) is 9.54. The van der Waals surface area contributed by atoms with Crippen LogP contribution in [0.5, 0.6) is 0 Å². The fourth-order valence-corrected chi connectivity index (χ4v) is 2.65. The summed E-state index contributed by atoms with van der Waals surface area (Å²) in [6.07, 6.45) is -0.489. The molecule has 1 aromatic rings. The number of benzene rings is 1. The molecule has 5 N–H and O–H groups in total. The molecule has 11 heteroatoms. The Balaban J connectivity index is 0.00000784. The van der Waals surface area contributed by atoms with Gasteiger partial charge in [-0.3, -0.25) is 4.99 Å². The predicted octanol–water partition coefficient (Wildman–Crippen LogP) is 1.92. The monoisotopic (exact) mass is 541 g/mol. The summed E-state index contributed by atoms with van der Waals surface area (Å²) in [6.45, 7) is 9.99. The summed E-state index contributed by atoms with van der Waals surface area (Å²) in [7, 11) is -2.07. The van der Waals surface area contributed by atoms with Crippen molar-refractivity contribution in [2.24, 2.45) is 10.1 Å². The van der Waals surface area contributed by atoms with E-state index in [4.69, 9.17) is 9.88 Å². The Kier molecular flexibility index (Phi) is 10.4. The predicted molar refractivity (Wildman–Crippen MR) is 125 cm³/mol. The molecule has 0 heterocycles. The zero-order valence-corrected chi connectivity index (χ0v) is 20.8. The van der Waals surface area contributed by atoms with Gasteiger partial charge in [-0.1, -0.05) is 12.1 Å². The minimum atomic E-state index is -3.70. The normalized spacial score (nSPS) is 12.6. The van der Waals surface area contributed by atoms with Crippen molar-refractivity contribution in [3.8, 4) is 0 Å². The number of nitrogens with two attached hydrogens (primary N) is 1. The van der Waals surface area contributed by atoms with Gasteiger partial charge in [-0.2, -0.15) is 0 Å². The zero-order chi connectivity index (χ0) is 21.6. The molecule has 0 fully saturated rings. The van der Waals surface area contributed by atoms with Gasteiger partial charge in [0.2, 0.25) is 10.0 Å². The number of ether oxygens (including phenoxy) is 1. The van der Waals surface area contributed by atoms with Gasteiger partial charge in [-0.05, 0) is 52.3 Å². The molecule has 29 heavy (non-hydrogen) atoms. The first-order valence-corrected chi connectivity index (χ1v) is 10.3. The third-order valence-corrected chi connectivity index (χ3v) is 4.40. The third kappa shape index (κ3) is 11.2. The fraction of sp³-hybridized carbons (Fsp3) is 0.556. The fourth-order valence-electron chi connectivity index (χ4n) is 2.13. The van der Waals surface area contributed by atoms with Gasteiger partial charge in [0.1, 0.15) is 5.60 Å². The van der Waals surface area contributed by atoms with E-state index in [1.54, 1.807) is 40.0 Å². The Bertz CT molecular complexity index is 803. The molecular weight excluding hydrogens is 509 g/mol. The summed E-state index contributed by atoms with van der Waals surface area (Å²) in [5.41, 5.74) is -0.275. The van der Waals surface area contributed by atoms with Gasteiger partial charge in [-0.25, -0.2) is 18.4 Å². The summed E-state index contributed by atoms with van der Waals surface area (Å²) in [5.74, 6) is 0.537. The molecule has 9 nitrogen and oxygen atoms in total. The molecule has 0 aromatic heterocycles. The molecule has 166 valence electrons. The first-order chi connectivity index (χ1) is 12.7. The first-order valence-electron chi connectivity index (χ1n) is 8.79. The molecule has 0 saturated heterocycles. The minimum absolute atomic E-state index is 0. The van der Waals surface area contributed by atoms with Crippen molar-refractivity contribution in [1.29, 1.82) is 0 Å². The lowest BCUT2D eigenvalue weighted by Crippen LogP contribution is -2.54. The van der Waals surface area contributed by atoms with Gasteiger partial charge in [0.25, 0.3) is 0 Å². The number of rotatable bonds is 6. The summed E-state index contributed by atoms with van der Waals surface area (Å²) in [6, 6.07) is 6.26. The molecule has 0 atom stereocenters. The molecule has 0 aliphatic carbocycles. The maximum atomic E-state index is 11.9. The number of nitrogens with zero attached hydrogens (tertiary/aromatic N) is 1. The number of halogens is 1. The standard InChI is InChI=1S/C18H31N5O4S.HI/c1-17(2,3)27-16(24)23-18(4,5)12-22-15(20-6)21-11-13-7-9-14(10-8-13)28(19,25)26;/h7-10H,11-12H2,1-6H3,(H,23,24)(H2,19,25,26)(H2,20,21,22);1H. The highest BCUT2D eigenvalue weighted by Gasteiger charge is 2.24. The largest absolute Gasteiger partial charge is 0.444 e. The Morgan fingerprint density at radius 2 is 1.66 bits per heavy atom. The van der Waals surface area contributed by atoms with Crippen molar-refractivity contribution < 1.29 is 17.9 Å². The van der Waals surface area contributed by atoms with E-state index in [2.05, 4.69) is 20.9 Å². The average molecular weight is 541 g/mol. The molecule has 0 aliphatic rings. The van der Waals surface area contributed by atoms with Gasteiger partial charge in [0, 0.05) is 20.1 Å². The maximum Gasteiger partial charge on any atom is 0.408 e. The van der Waals surface area contributed by atoms with Gasteiger partial charge in [0.05, 0.1) is 10.4 Å². The molecule has 0 saturated carbocycles. The van der Waals surface area contributed by atoms with Crippen molar-refractivity contribution in [1.82, 2.24) is 16.0 Å². The zero-order valence-electron chi connectivity index (χ0n) is 17.7. The lowest BCUT2D eigenvalue weighted by Gasteiger charge is -2.29. The Morgan fingerprint density at radius 1 is 1.10 bits per heavy atom. The smallest absolute Gasteiger partial charge is 0.408 e. The van der Waals surface area contributed by atoms with E-state index in [-0.39, 0.29) is 28.9 Å². The van der Waals surface area contributed by atoms with Crippen LogP contribution in [-0.4, -0.2) is 45.2 Å². The SMILES string of the molecule is CN=C(NCc1ccc(S(N)(=O)=O)cc1)NCC(C)(C)NC(=O)OC(C)(C)C.I. The van der Waals surface area contributed by atoms with Crippen LogP contribution >= 0.6 is 24.0 Å². The highest BCUT2D eigenvalue weighted by molar-refractivity contribution is 14.0. The Morgan fingerprint density at radius 3 is 2.10 bits per heavy atom. The number of primary sulfonamides is 1. The van der Waals surface area contributed by atoms with Crippen LogP contribution < -0.4 is 21.1 Å². The number of hydrogen-bond donors (Lipinski definition) is 4. The third-order valence-electron chi connectivity index (χ3n) is 3.47. The van der Waals surface area contributed by atoms with Gasteiger partial charge >= 0.3 is 6.09 Å². The highest BCUT2D eigenvalue weighted by Crippen LogP contribution is 2.10. The number of hydrogen-bond acceptors (Lipinski definition) is 5. The van der Waals surface area contributed by atoms with Gasteiger partial charge in [0.15, 0.2) is 5.96 Å². The van der Waals surface area contributed by atoms with E-state index >= 15 is 0 Å². The van der Waals surface area contributed by atoms with Crippen LogP contribution in [0.3, 0.4) is 0 Å². The van der Waals surface area contributed by atoms with Crippen molar-refractivity contribution in [2.45, 2.75) is 57.2 Å². The number of carbonyl (C=O) groups excluding carboxylic acids is 1. The molecule has 1 rings (SSSR count). The highest BCUT2D eigenvalue weighted by atomic mass is 127. The molecule has 0 spiro atoms. The Hall–Kier alpha value is -1.60. The summed E-state index contributed by atoms with van der Waals surface area (Å²) in [4.78, 5) is 16.1. The maximum absolute atomic E-state index is 11.9. The summed E-state index contributed by atoms with van der Waals surface area (Å²) < 4.78 is 27.8. The quantitative estimate of drug-likeness (QED) is 0.247. The Labute approximate surface area is 190 Å². The summed E-state index contributed by atoms with van der Waals surface area (Å²) >= 11 is 0. The molecule has 1 amide bonds. The van der Waals surface area contributed by atoms with Crippen molar-refractivity contribution >= 4 is 46.1 Å². The van der Waals surface area contributed by atoms with E-state index in [1.807, 2.05) is 13.8 Å². The topological polar surface area (TPSA) is 135 Å². The summed E-state index contributed by atoms with van der Waals surface area (Å²) in [5, 5.41) is 14.2. The molecule has 0 aliphatic heterocycles. The molecule has 0 unspecified atom stereocenters. The van der Waals surface area contributed by atoms with Crippen LogP contribution in [0, 0.1) is 0 Å². The van der Waals surface area contributed by atoms with Crippen LogP contribution in [0.1, 0.15) is 40.2 Å². The van der Waals surface area contributed by atoms with Crippen LogP contribution in [-0.2, 0) is 21.3 Å². The number of carbonyl (C=O) groups is 1. The van der Waals surface area contributed by atoms with Crippen LogP contribution in [0.4, 0.5) is 4.79 Å². The van der Waals surface area contributed by atoms with Crippen molar-refractivity contribution in [3.05, 3.63) is 29.8 Å². The van der Waals surface area contributed by atoms with E-state index in [0.717, 1.165) is 5.56 Å². The number of sulfonamides is 1. The molecule has 0 bridgehead atoms. The van der Waals surface area contributed by atoms with Crippen LogP contribution in [0.2, 0.25) is 0 Å². The van der Waals surface area contributed by atoms with E-state index in [1.165, 1.54) is 12.1 Å². The molecular formula is C18H32IN5O4S. The van der Waals surface area contributed by atoms with E-state index in [0.29, 0.717) is 19.0 Å².